The van der Waals surface area contributed by atoms with E-state index in [-0.39, 0.29) is 16.9 Å². The van der Waals surface area contributed by atoms with Gasteiger partial charge in [0.05, 0.1) is 16.4 Å². The predicted molar refractivity (Wildman–Crippen MR) is 107 cm³/mol. The van der Waals surface area contributed by atoms with Crippen molar-refractivity contribution in [3.05, 3.63) is 30.5 Å². The first-order chi connectivity index (χ1) is 13.0. The summed E-state index contributed by atoms with van der Waals surface area (Å²) in [5.41, 5.74) is 0.398. The predicted octanol–water partition coefficient (Wildman–Crippen LogP) is 3.46. The minimum atomic E-state index is -3.21. The third kappa shape index (κ3) is 5.23. The second-order valence-electron chi connectivity index (χ2n) is 7.85. The van der Waals surface area contributed by atoms with Gasteiger partial charge >= 0.3 is 6.09 Å². The van der Waals surface area contributed by atoms with Gasteiger partial charge in [-0.15, -0.1) is 0 Å². The third-order valence-corrected chi connectivity index (χ3v) is 6.19. The number of rotatable bonds is 5. The second kappa shape index (κ2) is 7.71. The van der Waals surface area contributed by atoms with Crippen LogP contribution in [0.2, 0.25) is 0 Å². The van der Waals surface area contributed by atoms with Gasteiger partial charge in [-0.1, -0.05) is 23.5 Å². The van der Waals surface area contributed by atoms with Crippen LogP contribution in [0.1, 0.15) is 20.8 Å². The smallest absolute Gasteiger partial charge is 0.410 e. The Kier molecular flexibility index (Phi) is 5.67. The van der Waals surface area contributed by atoms with Gasteiger partial charge < -0.3 is 14.4 Å². The summed E-state index contributed by atoms with van der Waals surface area (Å²) in [6, 6.07) is 6.70. The lowest BCUT2D eigenvalue weighted by molar-refractivity contribution is -0.00782. The fraction of sp³-hybridized carbons (Fsp3) is 0.474. The van der Waals surface area contributed by atoms with E-state index in [0.29, 0.717) is 24.9 Å². The lowest BCUT2D eigenvalue weighted by Crippen LogP contribution is -2.53. The molecule has 3 rings (SSSR count). The number of likely N-dealkylation sites (tertiary alicyclic amines) is 1. The van der Waals surface area contributed by atoms with E-state index < -0.39 is 15.4 Å². The fourth-order valence-electron chi connectivity index (χ4n) is 2.66. The molecule has 9 heteroatoms. The fourth-order valence-corrected chi connectivity index (χ4v) is 4.07. The molecule has 2 aromatic rings. The molecular formula is C19H24N2O5S2. The first-order valence-corrected chi connectivity index (χ1v) is 11.6. The van der Waals surface area contributed by atoms with Gasteiger partial charge in [-0.05, 0) is 38.5 Å². The van der Waals surface area contributed by atoms with Crippen molar-refractivity contribution in [3.63, 3.8) is 0 Å². The monoisotopic (exact) mass is 424 g/mol. The first kappa shape index (κ1) is 20.6. The zero-order valence-electron chi connectivity index (χ0n) is 16.3. The molecule has 1 aromatic heterocycles. The van der Waals surface area contributed by atoms with Crippen LogP contribution in [-0.4, -0.2) is 55.9 Å². The number of benzene rings is 1. The van der Waals surface area contributed by atoms with Crippen molar-refractivity contribution in [2.45, 2.75) is 31.3 Å². The number of nitrogens with zero attached hydrogens (tertiary/aromatic N) is 2. The van der Waals surface area contributed by atoms with E-state index in [2.05, 4.69) is 4.98 Å². The summed E-state index contributed by atoms with van der Waals surface area (Å²) < 4.78 is 34.2. The summed E-state index contributed by atoms with van der Waals surface area (Å²) in [5, 5.41) is 0.554. The molecular weight excluding hydrogens is 400 g/mol. The Labute approximate surface area is 169 Å². The third-order valence-electron chi connectivity index (χ3n) is 4.10. The molecule has 1 aliphatic heterocycles. The van der Waals surface area contributed by atoms with Crippen molar-refractivity contribution < 1.29 is 22.7 Å². The van der Waals surface area contributed by atoms with Crippen molar-refractivity contribution in [1.82, 2.24) is 9.88 Å². The lowest BCUT2D eigenvalue weighted by atomic mass is 10.0. The van der Waals surface area contributed by atoms with Crippen LogP contribution in [-0.2, 0) is 14.6 Å². The molecule has 152 valence electrons. The van der Waals surface area contributed by atoms with Crippen molar-refractivity contribution in [3.8, 4) is 15.6 Å². The molecule has 1 aromatic carbocycles. The van der Waals surface area contributed by atoms with Gasteiger partial charge in [0.1, 0.15) is 5.60 Å². The van der Waals surface area contributed by atoms with Crippen molar-refractivity contribution >= 4 is 27.3 Å². The molecule has 1 saturated heterocycles. The Morgan fingerprint density at radius 2 is 1.89 bits per heavy atom. The van der Waals surface area contributed by atoms with Crippen LogP contribution >= 0.6 is 11.3 Å². The topological polar surface area (TPSA) is 85.8 Å². The number of hydrogen-bond donors (Lipinski definition) is 0. The zero-order valence-corrected chi connectivity index (χ0v) is 18.0. The highest BCUT2D eigenvalue weighted by atomic mass is 32.2. The van der Waals surface area contributed by atoms with Gasteiger partial charge in [-0.2, -0.15) is 0 Å². The van der Waals surface area contributed by atoms with E-state index >= 15 is 0 Å². The number of sulfone groups is 1. The van der Waals surface area contributed by atoms with Gasteiger partial charge in [-0.25, -0.2) is 18.2 Å². The number of hydrogen-bond acceptors (Lipinski definition) is 7. The Morgan fingerprint density at radius 1 is 1.25 bits per heavy atom. The summed E-state index contributed by atoms with van der Waals surface area (Å²) in [6.45, 7) is 7.25. The molecule has 2 heterocycles. The zero-order chi connectivity index (χ0) is 20.5. The minimum absolute atomic E-state index is 0.258. The largest absolute Gasteiger partial charge is 0.470 e. The average Bonchev–Trinajstić information content (AvgIpc) is 3.00. The molecule has 0 bridgehead atoms. The van der Waals surface area contributed by atoms with Crippen LogP contribution in [0.5, 0.6) is 5.19 Å². The summed E-state index contributed by atoms with van der Waals surface area (Å²) >= 11 is 1.40. The maximum Gasteiger partial charge on any atom is 0.410 e. The van der Waals surface area contributed by atoms with Gasteiger partial charge in [0.2, 0.25) is 0 Å². The van der Waals surface area contributed by atoms with Crippen molar-refractivity contribution in [2.75, 3.05) is 26.0 Å². The number of ether oxygens (including phenoxy) is 2. The standard InChI is InChI=1S/C19H24N2O5S2/c1-19(2,3)26-18(22)21-10-13(11-21)12-25-17-20-9-16(27-17)14-5-7-15(8-6-14)28(4,23)24/h5-9,13H,10-12H2,1-4H3. The maximum atomic E-state index is 11.9. The Hall–Kier alpha value is -2.13. The molecule has 0 unspecified atom stereocenters. The van der Waals surface area contributed by atoms with E-state index in [4.69, 9.17) is 9.47 Å². The van der Waals surface area contributed by atoms with E-state index in [9.17, 15) is 13.2 Å². The molecule has 0 aliphatic carbocycles. The highest BCUT2D eigenvalue weighted by molar-refractivity contribution is 7.90. The SMILES string of the molecule is CC(C)(C)OC(=O)N1CC(COc2ncc(-c3ccc(S(C)(=O)=O)cc3)s2)C1. The van der Waals surface area contributed by atoms with Crippen LogP contribution in [0.25, 0.3) is 10.4 Å². The molecule has 0 saturated carbocycles. The van der Waals surface area contributed by atoms with Crippen LogP contribution in [0.4, 0.5) is 4.79 Å². The van der Waals surface area contributed by atoms with Crippen LogP contribution in [0, 0.1) is 5.92 Å². The summed E-state index contributed by atoms with van der Waals surface area (Å²) in [6.07, 6.45) is 2.60. The Bertz CT molecular complexity index is 939. The second-order valence-corrected chi connectivity index (χ2v) is 10.9. The molecule has 7 nitrogen and oxygen atoms in total. The first-order valence-electron chi connectivity index (χ1n) is 8.88. The molecule has 0 radical (unpaired) electrons. The maximum absolute atomic E-state index is 11.9. The molecule has 0 spiro atoms. The van der Waals surface area contributed by atoms with Gasteiger partial charge in [0.15, 0.2) is 9.84 Å². The number of aromatic nitrogens is 1. The Balaban J connectivity index is 1.49. The molecule has 0 N–H and O–H groups in total. The molecule has 1 fully saturated rings. The number of carbonyl (C=O) groups is 1. The highest BCUT2D eigenvalue weighted by Gasteiger charge is 2.34. The van der Waals surface area contributed by atoms with Crippen LogP contribution < -0.4 is 4.74 Å². The summed E-state index contributed by atoms with van der Waals surface area (Å²) in [5.74, 6) is 0.258. The normalized spacial score (nSPS) is 15.2. The van der Waals surface area contributed by atoms with E-state index in [1.807, 2.05) is 20.8 Å². The lowest BCUT2D eigenvalue weighted by Gasteiger charge is -2.39. The molecule has 1 aliphatic rings. The Morgan fingerprint density at radius 3 is 2.46 bits per heavy atom. The van der Waals surface area contributed by atoms with E-state index in [0.717, 1.165) is 10.4 Å². The molecule has 28 heavy (non-hydrogen) atoms. The minimum Gasteiger partial charge on any atom is -0.470 e. The van der Waals surface area contributed by atoms with Crippen LogP contribution in [0.15, 0.2) is 35.4 Å². The average molecular weight is 425 g/mol. The quantitative estimate of drug-likeness (QED) is 0.731. The molecule has 0 atom stereocenters. The van der Waals surface area contributed by atoms with E-state index in [1.54, 1.807) is 35.4 Å². The highest BCUT2D eigenvalue weighted by Crippen LogP contribution is 2.31. The van der Waals surface area contributed by atoms with Gasteiger partial charge in [0.25, 0.3) is 5.19 Å². The van der Waals surface area contributed by atoms with E-state index in [1.165, 1.54) is 17.6 Å². The summed E-state index contributed by atoms with van der Waals surface area (Å²) in [4.78, 5) is 19.0. The van der Waals surface area contributed by atoms with Gasteiger partial charge in [0, 0.05) is 31.5 Å². The van der Waals surface area contributed by atoms with Gasteiger partial charge in [-0.3, -0.25) is 0 Å². The van der Waals surface area contributed by atoms with Crippen LogP contribution in [0.3, 0.4) is 0 Å². The molecule has 1 amide bonds. The number of carbonyl (C=O) groups excluding carboxylic acids is 1. The summed E-state index contributed by atoms with van der Waals surface area (Å²) in [7, 11) is -3.21. The number of thiazole rings is 1. The van der Waals surface area contributed by atoms with Crippen molar-refractivity contribution in [1.29, 1.82) is 0 Å². The number of amides is 1. The van der Waals surface area contributed by atoms with Crippen molar-refractivity contribution in [2.24, 2.45) is 5.92 Å².